The molecule has 3 atom stereocenters. The van der Waals surface area contributed by atoms with Crippen LogP contribution in [-0.4, -0.2) is 78.2 Å². The minimum atomic E-state index is -0.639. The van der Waals surface area contributed by atoms with Crippen molar-refractivity contribution in [2.45, 2.75) is 70.2 Å². The Balaban J connectivity index is 1.77. The van der Waals surface area contributed by atoms with Crippen LogP contribution in [-0.2, 0) is 9.53 Å². The number of carbonyl (C=O) groups excluding carboxylic acids is 3. The number of amides is 3. The van der Waals surface area contributed by atoms with Crippen molar-refractivity contribution in [3.05, 3.63) is 29.8 Å². The molecule has 1 aromatic rings. The van der Waals surface area contributed by atoms with Crippen LogP contribution in [0.15, 0.2) is 24.3 Å². The van der Waals surface area contributed by atoms with Crippen molar-refractivity contribution in [2.24, 2.45) is 5.73 Å². The van der Waals surface area contributed by atoms with E-state index in [1.54, 1.807) is 61.9 Å². The molecular weight excluding hydrogens is 424 g/mol. The van der Waals surface area contributed by atoms with Crippen molar-refractivity contribution >= 4 is 17.9 Å². The van der Waals surface area contributed by atoms with Gasteiger partial charge in [0.25, 0.3) is 5.91 Å². The van der Waals surface area contributed by atoms with E-state index < -0.39 is 17.7 Å². The Labute approximate surface area is 195 Å². The molecule has 0 spiro atoms. The highest BCUT2D eigenvalue weighted by Crippen LogP contribution is 2.23. The van der Waals surface area contributed by atoms with E-state index in [1.165, 1.54) is 0 Å². The van der Waals surface area contributed by atoms with Gasteiger partial charge >= 0.3 is 6.09 Å². The molecule has 9 heteroatoms. The first-order valence-corrected chi connectivity index (χ1v) is 11.6. The first-order valence-electron chi connectivity index (χ1n) is 11.6. The van der Waals surface area contributed by atoms with E-state index in [2.05, 4.69) is 5.32 Å². The zero-order valence-electron chi connectivity index (χ0n) is 20.0. The predicted octanol–water partition coefficient (Wildman–Crippen LogP) is 2.14. The van der Waals surface area contributed by atoms with Crippen LogP contribution in [0.2, 0.25) is 0 Å². The maximum Gasteiger partial charge on any atom is 0.407 e. The Kier molecular flexibility index (Phi) is 7.84. The van der Waals surface area contributed by atoms with Crippen molar-refractivity contribution in [3.63, 3.8) is 0 Å². The maximum atomic E-state index is 13.2. The summed E-state index contributed by atoms with van der Waals surface area (Å²) in [7, 11) is 1.77. The molecule has 182 valence electrons. The number of ether oxygens (including phenoxy) is 2. The van der Waals surface area contributed by atoms with Gasteiger partial charge in [0.1, 0.15) is 18.0 Å². The number of hydrogen-bond acceptors (Lipinski definition) is 6. The topological polar surface area (TPSA) is 114 Å². The summed E-state index contributed by atoms with van der Waals surface area (Å²) < 4.78 is 11.4. The molecular formula is C24H36N4O5. The van der Waals surface area contributed by atoms with Gasteiger partial charge in [-0.15, -0.1) is 0 Å². The van der Waals surface area contributed by atoms with Crippen LogP contribution in [0.1, 0.15) is 56.8 Å². The summed E-state index contributed by atoms with van der Waals surface area (Å²) in [4.78, 5) is 41.5. The van der Waals surface area contributed by atoms with Gasteiger partial charge in [-0.1, -0.05) is 6.07 Å². The maximum absolute atomic E-state index is 13.2. The monoisotopic (exact) mass is 460 g/mol. The molecule has 0 radical (unpaired) electrons. The average molecular weight is 461 g/mol. The van der Waals surface area contributed by atoms with E-state index in [-0.39, 0.29) is 30.5 Å². The molecule has 1 fully saturated rings. The fourth-order valence-corrected chi connectivity index (χ4v) is 4.21. The highest BCUT2D eigenvalue weighted by atomic mass is 16.6. The molecule has 0 saturated carbocycles. The molecule has 2 aliphatic heterocycles. The van der Waals surface area contributed by atoms with Crippen molar-refractivity contribution in [2.75, 3.05) is 26.7 Å². The number of nitrogens with two attached hydrogens (primary N) is 1. The smallest absolute Gasteiger partial charge is 0.407 e. The molecule has 2 bridgehead atoms. The van der Waals surface area contributed by atoms with Gasteiger partial charge in [0, 0.05) is 25.7 Å². The Hall–Kier alpha value is -2.81. The molecule has 2 heterocycles. The fourth-order valence-electron chi connectivity index (χ4n) is 4.21. The molecule has 1 saturated heterocycles. The van der Waals surface area contributed by atoms with Crippen molar-refractivity contribution < 1.29 is 23.9 Å². The second-order valence-corrected chi connectivity index (χ2v) is 9.89. The van der Waals surface area contributed by atoms with Crippen LogP contribution in [0.25, 0.3) is 0 Å². The third-order valence-electron chi connectivity index (χ3n) is 5.86. The highest BCUT2D eigenvalue weighted by Gasteiger charge is 2.38. The van der Waals surface area contributed by atoms with Gasteiger partial charge in [0.05, 0.1) is 18.1 Å². The lowest BCUT2D eigenvalue weighted by Crippen LogP contribution is -2.48. The molecule has 0 aliphatic carbocycles. The number of fused-ring (bicyclic) bond motifs is 3. The summed E-state index contributed by atoms with van der Waals surface area (Å²) in [6.07, 6.45) is 2.04. The second kappa shape index (κ2) is 10.4. The lowest BCUT2D eigenvalue weighted by atomic mass is 10.1. The van der Waals surface area contributed by atoms with E-state index >= 15 is 0 Å². The van der Waals surface area contributed by atoms with Crippen LogP contribution >= 0.6 is 0 Å². The lowest BCUT2D eigenvalue weighted by molar-refractivity contribution is -0.134. The van der Waals surface area contributed by atoms with Crippen LogP contribution < -0.4 is 15.8 Å². The first-order chi connectivity index (χ1) is 15.5. The number of rotatable bonds is 1. The number of carbonyl (C=O) groups is 3. The van der Waals surface area contributed by atoms with Crippen LogP contribution in [0.5, 0.6) is 5.75 Å². The van der Waals surface area contributed by atoms with Crippen molar-refractivity contribution in [1.82, 2.24) is 15.1 Å². The SMILES string of the molecule is CN1CCCC[C@H](N)C(=O)N2C[C@@H](NC(=O)OC(C)(C)C)C[C@H]2COc2cccc(c2)C1=O. The fraction of sp³-hybridized carbons (Fsp3) is 0.625. The van der Waals surface area contributed by atoms with E-state index in [0.29, 0.717) is 37.2 Å². The molecule has 33 heavy (non-hydrogen) atoms. The van der Waals surface area contributed by atoms with Crippen molar-refractivity contribution in [1.29, 1.82) is 0 Å². The number of benzene rings is 1. The third-order valence-corrected chi connectivity index (χ3v) is 5.86. The van der Waals surface area contributed by atoms with Gasteiger partial charge in [0.15, 0.2) is 0 Å². The minimum Gasteiger partial charge on any atom is -0.491 e. The lowest BCUT2D eigenvalue weighted by Gasteiger charge is -2.27. The molecule has 2 aliphatic rings. The molecule has 0 unspecified atom stereocenters. The third kappa shape index (κ3) is 6.83. The summed E-state index contributed by atoms with van der Waals surface area (Å²) in [6, 6.07) is 5.92. The standard InChI is InChI=1S/C24H36N4O5/c1-24(2,3)33-23(31)26-17-13-18-15-32-19-9-7-8-16(12-19)21(29)27(4)11-6-5-10-20(25)22(30)28(18)14-17/h7-9,12,17-18,20H,5-6,10-11,13-15,25H2,1-4H3,(H,26,31)/t17-,18-,20-/m0/s1. The zero-order chi connectivity index (χ0) is 24.2. The van der Waals surface area contributed by atoms with Crippen LogP contribution in [0, 0.1) is 0 Å². The molecule has 3 N–H and O–H groups in total. The second-order valence-electron chi connectivity index (χ2n) is 9.89. The Morgan fingerprint density at radius 3 is 2.73 bits per heavy atom. The molecule has 9 nitrogen and oxygen atoms in total. The molecule has 1 aromatic carbocycles. The highest BCUT2D eigenvalue weighted by molar-refractivity contribution is 5.94. The van der Waals surface area contributed by atoms with Gasteiger partial charge in [-0.25, -0.2) is 4.79 Å². The molecule has 3 rings (SSSR count). The quantitative estimate of drug-likeness (QED) is 0.664. The van der Waals surface area contributed by atoms with Gasteiger partial charge in [-0.3, -0.25) is 9.59 Å². The van der Waals surface area contributed by atoms with E-state index in [9.17, 15) is 14.4 Å². The average Bonchev–Trinajstić information content (AvgIpc) is 3.14. The van der Waals surface area contributed by atoms with Crippen LogP contribution in [0.4, 0.5) is 4.79 Å². The number of hydrogen-bond donors (Lipinski definition) is 2. The zero-order valence-corrected chi connectivity index (χ0v) is 20.0. The van der Waals surface area contributed by atoms with Gasteiger partial charge in [-0.2, -0.15) is 0 Å². The summed E-state index contributed by atoms with van der Waals surface area (Å²) in [5.74, 6) is 0.342. The number of alkyl carbamates (subject to hydrolysis) is 1. The Morgan fingerprint density at radius 2 is 2.00 bits per heavy atom. The normalized spacial score (nSPS) is 24.9. The van der Waals surface area contributed by atoms with E-state index in [1.807, 2.05) is 0 Å². The summed E-state index contributed by atoms with van der Waals surface area (Å²) in [5, 5.41) is 2.87. The number of nitrogens with one attached hydrogen (secondary N) is 1. The van der Waals surface area contributed by atoms with Crippen molar-refractivity contribution in [3.8, 4) is 5.75 Å². The molecule has 3 amide bonds. The van der Waals surface area contributed by atoms with Gasteiger partial charge in [0.2, 0.25) is 5.91 Å². The predicted molar refractivity (Wildman–Crippen MR) is 124 cm³/mol. The van der Waals surface area contributed by atoms with Gasteiger partial charge < -0.3 is 30.3 Å². The minimum absolute atomic E-state index is 0.0696. The summed E-state index contributed by atoms with van der Waals surface area (Å²) in [5.41, 5.74) is 6.19. The molecule has 0 aromatic heterocycles. The van der Waals surface area contributed by atoms with E-state index in [4.69, 9.17) is 15.2 Å². The Morgan fingerprint density at radius 1 is 1.24 bits per heavy atom. The van der Waals surface area contributed by atoms with Gasteiger partial charge in [-0.05, 0) is 64.7 Å². The van der Waals surface area contributed by atoms with Crippen LogP contribution in [0.3, 0.4) is 0 Å². The first kappa shape index (κ1) is 24.8. The Bertz CT molecular complexity index is 869. The largest absolute Gasteiger partial charge is 0.491 e. The van der Waals surface area contributed by atoms with E-state index in [0.717, 1.165) is 12.8 Å². The summed E-state index contributed by atoms with van der Waals surface area (Å²) in [6.45, 7) is 6.58. The number of nitrogens with zero attached hydrogens (tertiary/aromatic N) is 2. The summed E-state index contributed by atoms with van der Waals surface area (Å²) >= 11 is 0.